The van der Waals surface area contributed by atoms with Crippen molar-refractivity contribution in [2.75, 3.05) is 0 Å². The summed E-state index contributed by atoms with van der Waals surface area (Å²) in [5, 5.41) is 8.26. The Bertz CT molecular complexity index is 1030. The van der Waals surface area contributed by atoms with E-state index in [1.807, 2.05) is 55.5 Å². The molecule has 5 heteroatoms. The highest BCUT2D eigenvalue weighted by Crippen LogP contribution is 2.28. The van der Waals surface area contributed by atoms with E-state index in [-0.39, 0.29) is 0 Å². The van der Waals surface area contributed by atoms with Crippen LogP contribution < -0.4 is 0 Å². The number of hydrogen-bond acceptors (Lipinski definition) is 5. The molecule has 4 aromatic rings. The highest BCUT2D eigenvalue weighted by molar-refractivity contribution is 5.74. The molecular formula is C20H14N2O3. The zero-order valence-corrected chi connectivity index (χ0v) is 13.5. The van der Waals surface area contributed by atoms with E-state index >= 15 is 0 Å². The summed E-state index contributed by atoms with van der Waals surface area (Å²) < 4.78 is 11.3. The fourth-order valence-electron chi connectivity index (χ4n) is 2.53. The molecule has 2 aromatic heterocycles. The summed E-state index contributed by atoms with van der Waals surface area (Å²) in [7, 11) is 0. The molecule has 0 aliphatic heterocycles. The predicted octanol–water partition coefficient (Wildman–Crippen LogP) is 4.78. The van der Waals surface area contributed by atoms with Crippen LogP contribution in [-0.2, 0) is 0 Å². The third kappa shape index (κ3) is 2.99. The highest BCUT2D eigenvalue weighted by Gasteiger charge is 2.12. The molecule has 0 radical (unpaired) electrons. The van der Waals surface area contributed by atoms with Crippen LogP contribution in [0.4, 0.5) is 0 Å². The molecule has 0 amide bonds. The predicted molar refractivity (Wildman–Crippen MR) is 93.0 cm³/mol. The monoisotopic (exact) mass is 330 g/mol. The number of hydrogen-bond donors (Lipinski definition) is 0. The van der Waals surface area contributed by atoms with E-state index in [0.29, 0.717) is 29.6 Å². The molecule has 0 aliphatic rings. The van der Waals surface area contributed by atoms with Gasteiger partial charge in [0.15, 0.2) is 12.0 Å². The zero-order chi connectivity index (χ0) is 17.2. The lowest BCUT2D eigenvalue weighted by molar-refractivity contribution is 0.110. The van der Waals surface area contributed by atoms with E-state index in [1.54, 1.807) is 12.1 Å². The number of carbonyl (C=O) groups excluding carboxylic acids is 1. The second kappa shape index (κ2) is 6.20. The number of aromatic nitrogens is 2. The van der Waals surface area contributed by atoms with Crippen LogP contribution in [0.5, 0.6) is 0 Å². The van der Waals surface area contributed by atoms with Crippen LogP contribution in [0.25, 0.3) is 34.2 Å². The van der Waals surface area contributed by atoms with E-state index in [2.05, 4.69) is 10.2 Å². The number of nitrogens with zero attached hydrogens (tertiary/aromatic N) is 2. The van der Waals surface area contributed by atoms with Crippen LogP contribution >= 0.6 is 0 Å². The first-order chi connectivity index (χ1) is 12.2. The Balaban J connectivity index is 1.67. The molecule has 0 bridgehead atoms. The zero-order valence-electron chi connectivity index (χ0n) is 13.5. The Morgan fingerprint density at radius 3 is 2.24 bits per heavy atom. The first-order valence-electron chi connectivity index (χ1n) is 7.79. The number of aryl methyl sites for hydroxylation is 1. The summed E-state index contributed by atoms with van der Waals surface area (Å²) in [6.45, 7) is 2.03. The summed E-state index contributed by atoms with van der Waals surface area (Å²) >= 11 is 0. The number of rotatable bonds is 4. The Hall–Kier alpha value is -3.47. The number of aldehydes is 1. The van der Waals surface area contributed by atoms with Crippen molar-refractivity contribution in [3.05, 3.63) is 72.0 Å². The molecule has 0 fully saturated rings. The summed E-state index contributed by atoms with van der Waals surface area (Å²) in [6.07, 6.45) is 0.680. The van der Waals surface area contributed by atoms with Crippen LogP contribution in [0.15, 0.2) is 69.5 Å². The number of benzene rings is 2. The van der Waals surface area contributed by atoms with Crippen LogP contribution in [0.2, 0.25) is 0 Å². The molecule has 122 valence electrons. The molecule has 0 saturated carbocycles. The van der Waals surface area contributed by atoms with Gasteiger partial charge in [-0.25, -0.2) is 0 Å². The first kappa shape index (κ1) is 15.1. The molecule has 2 heterocycles. The van der Waals surface area contributed by atoms with E-state index in [4.69, 9.17) is 8.83 Å². The molecule has 0 aliphatic carbocycles. The standard InChI is InChI=1S/C20H14N2O3/c1-13-5-7-14(8-6-13)19-21-22-20(25-19)16-4-2-3-15(11-16)18-10-9-17(12-23)24-18/h2-12H,1H3. The number of furan rings is 1. The van der Waals surface area contributed by atoms with Gasteiger partial charge in [-0.1, -0.05) is 29.8 Å². The molecule has 0 N–H and O–H groups in total. The first-order valence-corrected chi connectivity index (χ1v) is 7.79. The molecule has 0 spiro atoms. The van der Waals surface area contributed by atoms with Gasteiger partial charge in [-0.15, -0.1) is 10.2 Å². The minimum absolute atomic E-state index is 0.292. The fourth-order valence-corrected chi connectivity index (χ4v) is 2.53. The maximum absolute atomic E-state index is 10.8. The van der Waals surface area contributed by atoms with E-state index in [9.17, 15) is 4.79 Å². The maximum Gasteiger partial charge on any atom is 0.248 e. The van der Waals surface area contributed by atoms with Gasteiger partial charge in [-0.2, -0.15) is 0 Å². The average Bonchev–Trinajstić information content (AvgIpc) is 3.32. The molecule has 0 atom stereocenters. The third-order valence-corrected chi connectivity index (χ3v) is 3.86. The summed E-state index contributed by atoms with van der Waals surface area (Å²) in [4.78, 5) is 10.8. The topological polar surface area (TPSA) is 69.1 Å². The third-order valence-electron chi connectivity index (χ3n) is 3.86. The van der Waals surface area contributed by atoms with Crippen molar-refractivity contribution >= 4 is 6.29 Å². The van der Waals surface area contributed by atoms with Gasteiger partial charge in [-0.3, -0.25) is 4.79 Å². The average molecular weight is 330 g/mol. The van der Waals surface area contributed by atoms with Gasteiger partial charge < -0.3 is 8.83 Å². The quantitative estimate of drug-likeness (QED) is 0.503. The second-order valence-electron chi connectivity index (χ2n) is 5.68. The normalized spacial score (nSPS) is 10.8. The number of carbonyl (C=O) groups is 1. The van der Waals surface area contributed by atoms with Crippen LogP contribution in [-0.4, -0.2) is 16.5 Å². The van der Waals surface area contributed by atoms with Crippen LogP contribution in [0.1, 0.15) is 16.1 Å². The molecule has 0 unspecified atom stereocenters. The Morgan fingerprint density at radius 2 is 1.52 bits per heavy atom. The van der Waals surface area contributed by atoms with Crippen molar-refractivity contribution in [3.8, 4) is 34.2 Å². The fraction of sp³-hybridized carbons (Fsp3) is 0.0500. The Kier molecular flexibility index (Phi) is 3.74. The van der Waals surface area contributed by atoms with Gasteiger partial charge in [0.1, 0.15) is 5.76 Å². The SMILES string of the molecule is Cc1ccc(-c2nnc(-c3cccc(-c4ccc(C=O)o4)c3)o2)cc1. The highest BCUT2D eigenvalue weighted by atomic mass is 16.4. The lowest BCUT2D eigenvalue weighted by atomic mass is 10.1. The van der Waals surface area contributed by atoms with Gasteiger partial charge in [-0.05, 0) is 43.3 Å². The molecular weight excluding hydrogens is 316 g/mol. The molecule has 25 heavy (non-hydrogen) atoms. The van der Waals surface area contributed by atoms with Crippen LogP contribution in [0.3, 0.4) is 0 Å². The Labute approximate surface area is 143 Å². The smallest absolute Gasteiger partial charge is 0.248 e. The summed E-state index contributed by atoms with van der Waals surface area (Å²) in [5.41, 5.74) is 3.67. The lowest BCUT2D eigenvalue weighted by Gasteiger charge is -2.00. The van der Waals surface area contributed by atoms with Gasteiger partial charge >= 0.3 is 0 Å². The van der Waals surface area contributed by atoms with Crippen molar-refractivity contribution in [2.24, 2.45) is 0 Å². The van der Waals surface area contributed by atoms with Gasteiger partial charge in [0.05, 0.1) is 0 Å². The minimum atomic E-state index is 0.292. The Morgan fingerprint density at radius 1 is 0.800 bits per heavy atom. The van der Waals surface area contributed by atoms with Crippen molar-refractivity contribution in [3.63, 3.8) is 0 Å². The molecule has 4 rings (SSSR count). The summed E-state index contributed by atoms with van der Waals surface area (Å²) in [5.74, 6) is 1.81. The largest absolute Gasteiger partial charge is 0.453 e. The van der Waals surface area contributed by atoms with Crippen molar-refractivity contribution in [1.82, 2.24) is 10.2 Å². The van der Waals surface area contributed by atoms with Crippen LogP contribution in [0, 0.1) is 6.92 Å². The van der Waals surface area contributed by atoms with Crippen molar-refractivity contribution in [2.45, 2.75) is 6.92 Å². The maximum atomic E-state index is 10.8. The van der Waals surface area contributed by atoms with Crippen molar-refractivity contribution < 1.29 is 13.6 Å². The van der Waals surface area contributed by atoms with E-state index in [1.165, 1.54) is 5.56 Å². The van der Waals surface area contributed by atoms with E-state index < -0.39 is 0 Å². The lowest BCUT2D eigenvalue weighted by Crippen LogP contribution is -1.80. The second-order valence-corrected chi connectivity index (χ2v) is 5.68. The van der Waals surface area contributed by atoms with Gasteiger partial charge in [0, 0.05) is 16.7 Å². The molecule has 5 nitrogen and oxygen atoms in total. The van der Waals surface area contributed by atoms with Crippen molar-refractivity contribution in [1.29, 1.82) is 0 Å². The minimum Gasteiger partial charge on any atom is -0.453 e. The van der Waals surface area contributed by atoms with Gasteiger partial charge in [0.25, 0.3) is 0 Å². The molecule has 0 saturated heterocycles. The van der Waals surface area contributed by atoms with E-state index in [0.717, 1.165) is 16.7 Å². The molecule has 2 aromatic carbocycles. The summed E-state index contributed by atoms with van der Waals surface area (Å²) in [6, 6.07) is 18.9. The van der Waals surface area contributed by atoms with Gasteiger partial charge in [0.2, 0.25) is 11.8 Å².